The molecule has 1 saturated carbocycles. The molecule has 2 N–H and O–H groups in total. The van der Waals surface area contributed by atoms with Crippen LogP contribution in [0.25, 0.3) is 0 Å². The maximum Gasteiger partial charge on any atom is 0.243 e. The van der Waals surface area contributed by atoms with E-state index in [-0.39, 0.29) is 23.1 Å². The van der Waals surface area contributed by atoms with E-state index < -0.39 is 24.8 Å². The highest BCUT2D eigenvalue weighted by Crippen LogP contribution is 2.28. The van der Waals surface area contributed by atoms with Crippen LogP contribution < -0.4 is 10.0 Å². The summed E-state index contributed by atoms with van der Waals surface area (Å²) in [5.41, 5.74) is 0.779. The Labute approximate surface area is 199 Å². The summed E-state index contributed by atoms with van der Waals surface area (Å²) < 4.78 is 60.3. The lowest BCUT2D eigenvalue weighted by molar-refractivity contribution is -0.0440. The lowest BCUT2D eigenvalue weighted by atomic mass is 9.86. The van der Waals surface area contributed by atoms with E-state index in [0.717, 1.165) is 37.9 Å². The Bertz CT molecular complexity index is 1000. The molecular weight excluding hydrogens is 462 g/mol. The first kappa shape index (κ1) is 26.4. The van der Waals surface area contributed by atoms with Crippen molar-refractivity contribution in [1.82, 2.24) is 9.03 Å². The fraction of sp³-hybridized carbons (Fsp3) is 0.739. The summed E-state index contributed by atoms with van der Waals surface area (Å²) in [5.74, 6) is 0.418. The fourth-order valence-corrected chi connectivity index (χ4v) is 7.05. The molecule has 8 nitrogen and oxygen atoms in total. The monoisotopic (exact) mass is 501 g/mol. The molecule has 1 aliphatic heterocycles. The summed E-state index contributed by atoms with van der Waals surface area (Å²) in [6.45, 7) is 10.3. The van der Waals surface area contributed by atoms with E-state index in [1.807, 2.05) is 19.9 Å². The molecule has 1 aliphatic carbocycles. The Kier molecular flexibility index (Phi) is 8.16. The molecule has 33 heavy (non-hydrogen) atoms. The number of nitrogens with zero attached hydrogens (tertiary/aromatic N) is 1. The molecule has 2 fully saturated rings. The number of anilines is 1. The van der Waals surface area contributed by atoms with Crippen LogP contribution in [0, 0.1) is 5.92 Å². The SMILES string of the molecule is C[C@@H]1CN(S(=O)(=O)c2cccc(NC[C@H]3CC[C@H](NS(=O)(=O)C(C)(C)C)CC3)c2)C[C@H](C)O1. The van der Waals surface area contributed by atoms with Gasteiger partial charge in [0.15, 0.2) is 0 Å². The van der Waals surface area contributed by atoms with E-state index in [9.17, 15) is 16.8 Å². The molecule has 0 spiro atoms. The van der Waals surface area contributed by atoms with Crippen molar-refractivity contribution in [2.24, 2.45) is 5.92 Å². The van der Waals surface area contributed by atoms with Crippen molar-refractivity contribution >= 4 is 25.7 Å². The third-order valence-electron chi connectivity index (χ3n) is 6.43. The lowest BCUT2D eigenvalue weighted by Gasteiger charge is -2.34. The second-order valence-electron chi connectivity index (χ2n) is 10.4. The molecule has 2 atom stereocenters. The van der Waals surface area contributed by atoms with Gasteiger partial charge in [0, 0.05) is 31.4 Å². The van der Waals surface area contributed by atoms with Gasteiger partial charge in [-0.05, 0) is 84.4 Å². The molecule has 0 bridgehead atoms. The molecule has 0 amide bonds. The number of hydrogen-bond donors (Lipinski definition) is 2. The minimum atomic E-state index is -3.58. The molecule has 188 valence electrons. The van der Waals surface area contributed by atoms with Gasteiger partial charge in [0.1, 0.15) is 0 Å². The van der Waals surface area contributed by atoms with Gasteiger partial charge in [-0.3, -0.25) is 0 Å². The molecular formula is C23H39N3O5S2. The normalized spacial score (nSPS) is 27.9. The highest BCUT2D eigenvalue weighted by molar-refractivity contribution is 7.90. The zero-order valence-corrected chi connectivity index (χ0v) is 22.0. The number of morpholine rings is 1. The van der Waals surface area contributed by atoms with Crippen LogP contribution in [-0.2, 0) is 24.8 Å². The third kappa shape index (κ3) is 6.69. The number of ether oxygens (including phenoxy) is 1. The van der Waals surface area contributed by atoms with Gasteiger partial charge in [-0.15, -0.1) is 0 Å². The zero-order chi connectivity index (χ0) is 24.4. The van der Waals surface area contributed by atoms with E-state index in [1.54, 1.807) is 39.0 Å². The Morgan fingerprint density at radius 3 is 2.18 bits per heavy atom. The van der Waals surface area contributed by atoms with Gasteiger partial charge < -0.3 is 10.1 Å². The van der Waals surface area contributed by atoms with Crippen molar-refractivity contribution in [2.75, 3.05) is 25.0 Å². The summed E-state index contributed by atoms with van der Waals surface area (Å²) in [6.07, 6.45) is 3.20. The predicted molar refractivity (Wildman–Crippen MR) is 131 cm³/mol. The second-order valence-corrected chi connectivity index (χ2v) is 14.8. The van der Waals surface area contributed by atoms with Crippen molar-refractivity contribution < 1.29 is 21.6 Å². The van der Waals surface area contributed by atoms with Crippen LogP contribution in [0.15, 0.2) is 29.2 Å². The number of benzene rings is 1. The van der Waals surface area contributed by atoms with Crippen LogP contribution in [0.5, 0.6) is 0 Å². The number of nitrogens with one attached hydrogen (secondary N) is 2. The van der Waals surface area contributed by atoms with Crippen LogP contribution >= 0.6 is 0 Å². The molecule has 3 rings (SSSR count). The van der Waals surface area contributed by atoms with Crippen molar-refractivity contribution in [1.29, 1.82) is 0 Å². The first-order valence-electron chi connectivity index (χ1n) is 11.8. The van der Waals surface area contributed by atoms with Gasteiger partial charge in [-0.2, -0.15) is 4.31 Å². The Balaban J connectivity index is 1.55. The standard InChI is InChI=1S/C23H39N3O5S2/c1-17-15-26(16-18(2)31-17)32(27,28)22-8-6-7-21(13-22)24-14-19-9-11-20(12-10-19)25-33(29,30)23(3,4)5/h6-8,13,17-20,24-25H,9-12,14-16H2,1-5H3/t17-,18+,19-,20-. The molecule has 1 aromatic carbocycles. The largest absolute Gasteiger partial charge is 0.385 e. The van der Waals surface area contributed by atoms with Crippen molar-refractivity contribution in [3.05, 3.63) is 24.3 Å². The molecule has 2 aliphatic rings. The topological polar surface area (TPSA) is 105 Å². The number of hydrogen-bond acceptors (Lipinski definition) is 6. The van der Waals surface area contributed by atoms with Crippen LogP contribution in [0.2, 0.25) is 0 Å². The average Bonchev–Trinajstić information content (AvgIpc) is 2.72. The van der Waals surface area contributed by atoms with E-state index in [1.165, 1.54) is 4.31 Å². The summed E-state index contributed by atoms with van der Waals surface area (Å²) in [5, 5.41) is 3.39. The number of rotatable bonds is 7. The van der Waals surface area contributed by atoms with E-state index in [2.05, 4.69) is 10.0 Å². The lowest BCUT2D eigenvalue weighted by Crippen LogP contribution is -2.48. The minimum absolute atomic E-state index is 0.0164. The summed E-state index contributed by atoms with van der Waals surface area (Å²) >= 11 is 0. The first-order valence-corrected chi connectivity index (χ1v) is 14.7. The quantitative estimate of drug-likeness (QED) is 0.595. The van der Waals surface area contributed by atoms with Crippen LogP contribution in [0.1, 0.15) is 60.3 Å². The maximum atomic E-state index is 13.1. The van der Waals surface area contributed by atoms with Gasteiger partial charge in [0.2, 0.25) is 20.0 Å². The fourth-order valence-electron chi connectivity index (χ4n) is 4.39. The Morgan fingerprint density at radius 1 is 1.00 bits per heavy atom. The third-order valence-corrected chi connectivity index (χ3v) is 10.5. The average molecular weight is 502 g/mol. The predicted octanol–water partition coefficient (Wildman–Crippen LogP) is 3.17. The van der Waals surface area contributed by atoms with Crippen molar-refractivity contribution in [3.63, 3.8) is 0 Å². The van der Waals surface area contributed by atoms with Gasteiger partial charge in [0.05, 0.1) is 21.9 Å². The molecule has 0 aromatic heterocycles. The Hall–Kier alpha value is -1.20. The molecule has 1 heterocycles. The smallest absolute Gasteiger partial charge is 0.243 e. The first-order chi connectivity index (χ1) is 15.3. The number of sulfonamides is 2. The summed E-state index contributed by atoms with van der Waals surface area (Å²) in [6, 6.07) is 6.96. The zero-order valence-electron chi connectivity index (χ0n) is 20.4. The maximum absolute atomic E-state index is 13.1. The second kappa shape index (κ2) is 10.2. The van der Waals surface area contributed by atoms with Crippen molar-refractivity contribution in [3.8, 4) is 0 Å². The van der Waals surface area contributed by atoms with E-state index in [0.29, 0.717) is 19.0 Å². The van der Waals surface area contributed by atoms with Gasteiger partial charge in [-0.1, -0.05) is 6.07 Å². The van der Waals surface area contributed by atoms with Crippen LogP contribution in [0.4, 0.5) is 5.69 Å². The van der Waals surface area contributed by atoms with E-state index in [4.69, 9.17) is 4.74 Å². The molecule has 1 saturated heterocycles. The highest BCUT2D eigenvalue weighted by Gasteiger charge is 2.34. The van der Waals surface area contributed by atoms with Gasteiger partial charge >= 0.3 is 0 Å². The minimum Gasteiger partial charge on any atom is -0.385 e. The summed E-state index contributed by atoms with van der Waals surface area (Å²) in [4.78, 5) is 0.286. The van der Waals surface area contributed by atoms with Crippen LogP contribution in [0.3, 0.4) is 0 Å². The molecule has 0 radical (unpaired) electrons. The van der Waals surface area contributed by atoms with Crippen molar-refractivity contribution in [2.45, 2.75) is 88.2 Å². The molecule has 1 aromatic rings. The van der Waals surface area contributed by atoms with Gasteiger partial charge in [0.25, 0.3) is 0 Å². The summed E-state index contributed by atoms with van der Waals surface area (Å²) in [7, 11) is -6.92. The molecule has 0 unspecified atom stereocenters. The van der Waals surface area contributed by atoms with Gasteiger partial charge in [-0.25, -0.2) is 21.6 Å². The molecule has 10 heteroatoms. The van der Waals surface area contributed by atoms with E-state index >= 15 is 0 Å². The van der Waals surface area contributed by atoms with Crippen LogP contribution in [-0.4, -0.2) is 63.8 Å². The Morgan fingerprint density at radius 2 is 1.61 bits per heavy atom. The highest BCUT2D eigenvalue weighted by atomic mass is 32.2.